The van der Waals surface area contributed by atoms with E-state index in [-0.39, 0.29) is 17.2 Å². The van der Waals surface area contributed by atoms with Gasteiger partial charge in [-0.1, -0.05) is 36.0 Å². The van der Waals surface area contributed by atoms with Crippen LogP contribution in [0.2, 0.25) is 0 Å². The second-order valence-corrected chi connectivity index (χ2v) is 8.31. The average Bonchev–Trinajstić information content (AvgIpc) is 3.14. The summed E-state index contributed by atoms with van der Waals surface area (Å²) in [5, 5.41) is 8.31. The number of ether oxygens (including phenoxy) is 2. The Labute approximate surface area is 186 Å². The smallest absolute Gasteiger partial charge is 0.241 e. The SMILES string of the molecule is CC(=O)NC1=NN(C(C)=O)[C@H](c2ccc(OCCCOc3cccc(C)c3C)cc2)S1. The van der Waals surface area contributed by atoms with Gasteiger partial charge in [-0.25, -0.2) is 5.01 Å². The quantitative estimate of drug-likeness (QED) is 0.653. The van der Waals surface area contributed by atoms with Crippen molar-refractivity contribution >= 4 is 28.7 Å². The summed E-state index contributed by atoms with van der Waals surface area (Å²) < 4.78 is 11.7. The molecule has 3 rings (SSSR count). The van der Waals surface area contributed by atoms with E-state index in [9.17, 15) is 9.59 Å². The minimum absolute atomic E-state index is 0.193. The number of hydrogen-bond donors (Lipinski definition) is 1. The largest absolute Gasteiger partial charge is 0.493 e. The minimum atomic E-state index is -0.320. The fourth-order valence-corrected chi connectivity index (χ4v) is 4.16. The number of nitrogens with one attached hydrogen (secondary N) is 1. The van der Waals surface area contributed by atoms with Crippen molar-refractivity contribution in [2.24, 2.45) is 5.10 Å². The zero-order chi connectivity index (χ0) is 22.4. The van der Waals surface area contributed by atoms with E-state index in [1.807, 2.05) is 36.4 Å². The molecule has 2 amide bonds. The molecule has 0 aromatic heterocycles. The van der Waals surface area contributed by atoms with E-state index < -0.39 is 0 Å². The van der Waals surface area contributed by atoms with Crippen molar-refractivity contribution in [3.05, 3.63) is 59.2 Å². The summed E-state index contributed by atoms with van der Waals surface area (Å²) in [7, 11) is 0. The highest BCUT2D eigenvalue weighted by atomic mass is 32.2. The van der Waals surface area contributed by atoms with Gasteiger partial charge in [-0.2, -0.15) is 0 Å². The van der Waals surface area contributed by atoms with Crippen LogP contribution in [0.15, 0.2) is 47.6 Å². The molecule has 0 radical (unpaired) electrons. The molecule has 164 valence electrons. The van der Waals surface area contributed by atoms with Crippen molar-refractivity contribution in [2.45, 2.75) is 39.5 Å². The van der Waals surface area contributed by atoms with Crippen LogP contribution in [0.5, 0.6) is 11.5 Å². The lowest BCUT2D eigenvalue weighted by atomic mass is 10.1. The van der Waals surface area contributed by atoms with Crippen molar-refractivity contribution in [3.8, 4) is 11.5 Å². The molecule has 0 bridgehead atoms. The summed E-state index contributed by atoms with van der Waals surface area (Å²) in [6.45, 7) is 8.11. The first kappa shape index (κ1) is 22.7. The normalized spacial score (nSPS) is 15.4. The number of hydrazone groups is 1. The van der Waals surface area contributed by atoms with E-state index >= 15 is 0 Å². The number of aryl methyl sites for hydroxylation is 1. The van der Waals surface area contributed by atoms with Crippen molar-refractivity contribution in [1.82, 2.24) is 10.3 Å². The molecule has 0 fully saturated rings. The van der Waals surface area contributed by atoms with Gasteiger partial charge >= 0.3 is 0 Å². The van der Waals surface area contributed by atoms with Gasteiger partial charge in [-0.15, -0.1) is 5.10 Å². The Morgan fingerprint density at radius 3 is 2.45 bits per heavy atom. The van der Waals surface area contributed by atoms with Gasteiger partial charge in [0.05, 0.1) is 13.2 Å². The molecule has 8 heteroatoms. The van der Waals surface area contributed by atoms with Crippen molar-refractivity contribution < 1.29 is 19.1 Å². The zero-order valence-electron chi connectivity index (χ0n) is 18.2. The number of carbonyl (C=O) groups is 2. The summed E-state index contributed by atoms with van der Waals surface area (Å²) in [4.78, 5) is 23.2. The van der Waals surface area contributed by atoms with E-state index in [1.54, 1.807) is 0 Å². The van der Waals surface area contributed by atoms with Crippen LogP contribution in [-0.2, 0) is 9.59 Å². The maximum Gasteiger partial charge on any atom is 0.241 e. The molecule has 2 aromatic rings. The maximum absolute atomic E-state index is 11.9. The Kier molecular flexibility index (Phi) is 7.57. The molecule has 7 nitrogen and oxygen atoms in total. The molecule has 1 atom stereocenters. The van der Waals surface area contributed by atoms with Crippen molar-refractivity contribution in [2.75, 3.05) is 13.2 Å². The number of rotatable bonds is 7. The number of hydrogen-bond acceptors (Lipinski definition) is 6. The van der Waals surface area contributed by atoms with Crippen molar-refractivity contribution in [1.29, 1.82) is 0 Å². The monoisotopic (exact) mass is 441 g/mol. The number of amides is 2. The third kappa shape index (κ3) is 6.01. The van der Waals surface area contributed by atoms with Crippen LogP contribution in [-0.4, -0.2) is 35.2 Å². The highest BCUT2D eigenvalue weighted by Gasteiger charge is 2.32. The van der Waals surface area contributed by atoms with Gasteiger partial charge in [-0.05, 0) is 48.7 Å². The summed E-state index contributed by atoms with van der Waals surface area (Å²) in [6, 6.07) is 13.6. The highest BCUT2D eigenvalue weighted by molar-refractivity contribution is 8.14. The van der Waals surface area contributed by atoms with Crippen LogP contribution >= 0.6 is 11.8 Å². The zero-order valence-corrected chi connectivity index (χ0v) is 19.0. The second kappa shape index (κ2) is 10.3. The van der Waals surface area contributed by atoms with Crippen molar-refractivity contribution in [3.63, 3.8) is 0 Å². The molecule has 0 saturated heterocycles. The van der Waals surface area contributed by atoms with Crippen LogP contribution in [0.25, 0.3) is 0 Å². The van der Waals surface area contributed by atoms with Crippen LogP contribution in [0.4, 0.5) is 0 Å². The Bertz CT molecular complexity index is 975. The lowest BCUT2D eigenvalue weighted by Gasteiger charge is -2.19. The molecule has 2 aromatic carbocycles. The maximum atomic E-state index is 11.9. The van der Waals surface area contributed by atoms with E-state index in [0.717, 1.165) is 29.0 Å². The third-order valence-corrected chi connectivity index (χ3v) is 5.89. The fourth-order valence-electron chi connectivity index (χ4n) is 3.02. The molecule has 1 N–H and O–H groups in total. The molecule has 0 saturated carbocycles. The molecule has 0 aliphatic carbocycles. The van der Waals surface area contributed by atoms with Crippen LogP contribution in [0.1, 0.15) is 42.3 Å². The predicted octanol–water partition coefficient (Wildman–Crippen LogP) is 4.15. The van der Waals surface area contributed by atoms with E-state index in [1.165, 1.54) is 36.2 Å². The molecule has 1 aliphatic rings. The van der Waals surface area contributed by atoms with Gasteiger partial charge in [0.2, 0.25) is 11.8 Å². The molecule has 1 heterocycles. The first-order valence-corrected chi connectivity index (χ1v) is 11.0. The number of nitrogens with zero attached hydrogens (tertiary/aromatic N) is 2. The molecular weight excluding hydrogens is 414 g/mol. The molecular formula is C23H27N3O4S. The van der Waals surface area contributed by atoms with Gasteiger partial charge in [0, 0.05) is 20.3 Å². The topological polar surface area (TPSA) is 80.2 Å². The molecule has 0 unspecified atom stereocenters. The van der Waals surface area contributed by atoms with Gasteiger partial charge in [0.25, 0.3) is 0 Å². The van der Waals surface area contributed by atoms with Gasteiger partial charge < -0.3 is 14.8 Å². The summed E-state index contributed by atoms with van der Waals surface area (Å²) >= 11 is 1.32. The first-order chi connectivity index (χ1) is 14.8. The summed E-state index contributed by atoms with van der Waals surface area (Å²) in [5.74, 6) is 1.24. The van der Waals surface area contributed by atoms with E-state index in [0.29, 0.717) is 18.4 Å². The standard InChI is InChI=1S/C23H27N3O4S/c1-15-7-5-8-21(16(15)2)30-14-6-13-29-20-11-9-19(10-12-20)22-26(18(4)28)25-23(31-22)24-17(3)27/h5,7-12,22H,6,13-14H2,1-4H3,(H,24,25,27)/t22-/m0/s1. The number of carbonyl (C=O) groups excluding carboxylic acids is 2. The Morgan fingerprint density at radius 1 is 1.06 bits per heavy atom. The number of thioether (sulfide) groups is 1. The highest BCUT2D eigenvalue weighted by Crippen LogP contribution is 2.39. The lowest BCUT2D eigenvalue weighted by Crippen LogP contribution is -2.25. The Morgan fingerprint density at radius 2 is 1.77 bits per heavy atom. The van der Waals surface area contributed by atoms with Crippen LogP contribution in [0.3, 0.4) is 0 Å². The first-order valence-electron chi connectivity index (χ1n) is 10.1. The Hall–Kier alpha value is -3.00. The van der Waals surface area contributed by atoms with Gasteiger partial charge in [-0.3, -0.25) is 9.59 Å². The van der Waals surface area contributed by atoms with E-state index in [4.69, 9.17) is 9.47 Å². The van der Waals surface area contributed by atoms with Crippen LogP contribution < -0.4 is 14.8 Å². The van der Waals surface area contributed by atoms with Crippen LogP contribution in [0, 0.1) is 13.8 Å². The van der Waals surface area contributed by atoms with Gasteiger partial charge in [0.15, 0.2) is 5.17 Å². The number of amidine groups is 1. The molecule has 1 aliphatic heterocycles. The average molecular weight is 442 g/mol. The fraction of sp³-hybridized carbons (Fsp3) is 0.348. The number of benzene rings is 2. The molecule has 0 spiro atoms. The predicted molar refractivity (Wildman–Crippen MR) is 122 cm³/mol. The second-order valence-electron chi connectivity index (χ2n) is 7.24. The third-order valence-electron chi connectivity index (χ3n) is 4.78. The Balaban J connectivity index is 1.49. The summed E-state index contributed by atoms with van der Waals surface area (Å²) in [5.41, 5.74) is 3.27. The van der Waals surface area contributed by atoms with E-state index in [2.05, 4.69) is 30.3 Å². The minimum Gasteiger partial charge on any atom is -0.493 e. The lowest BCUT2D eigenvalue weighted by molar-refractivity contribution is -0.129. The summed E-state index contributed by atoms with van der Waals surface area (Å²) in [6.07, 6.45) is 0.764. The van der Waals surface area contributed by atoms with Gasteiger partial charge in [0.1, 0.15) is 16.9 Å². The molecule has 31 heavy (non-hydrogen) atoms.